The number of rotatable bonds is 4. The second-order valence-corrected chi connectivity index (χ2v) is 8.08. The highest BCUT2D eigenvalue weighted by molar-refractivity contribution is 7.91. The molecule has 0 aromatic carbocycles. The lowest BCUT2D eigenvalue weighted by Crippen LogP contribution is -2.30. The number of hydrogen-bond acceptors (Lipinski definition) is 4. The number of hydrogen-bond donors (Lipinski definition) is 1. The standard InChI is InChI=1S/C15H23NO3S/c1-3-11-10-16-8-7-14(11)15(17)12-5-4-6-13(9-12)20(2,18)19/h7-8,10,12-13,15,17H,3-6,9H2,1-2H3. The van der Waals surface area contributed by atoms with Crippen molar-refractivity contribution in [1.82, 2.24) is 4.98 Å². The molecule has 1 aliphatic rings. The molecule has 4 nitrogen and oxygen atoms in total. The predicted octanol–water partition coefficient (Wildman–Crippen LogP) is 2.28. The molecule has 1 N–H and O–H groups in total. The van der Waals surface area contributed by atoms with Crippen molar-refractivity contribution in [1.29, 1.82) is 0 Å². The van der Waals surface area contributed by atoms with Gasteiger partial charge in [-0.1, -0.05) is 13.3 Å². The third kappa shape index (κ3) is 3.38. The Morgan fingerprint density at radius 3 is 2.85 bits per heavy atom. The molecule has 0 spiro atoms. The van der Waals surface area contributed by atoms with Crippen molar-refractivity contribution in [3.8, 4) is 0 Å². The number of sulfone groups is 1. The Morgan fingerprint density at radius 1 is 1.45 bits per heavy atom. The van der Waals surface area contributed by atoms with Crippen molar-refractivity contribution in [2.24, 2.45) is 5.92 Å². The van der Waals surface area contributed by atoms with E-state index in [4.69, 9.17) is 0 Å². The first kappa shape index (κ1) is 15.4. The molecule has 1 fully saturated rings. The minimum absolute atomic E-state index is 0.0242. The Balaban J connectivity index is 2.18. The van der Waals surface area contributed by atoms with E-state index in [0.29, 0.717) is 6.42 Å². The lowest BCUT2D eigenvalue weighted by atomic mass is 9.81. The summed E-state index contributed by atoms with van der Waals surface area (Å²) in [6, 6.07) is 1.85. The highest BCUT2D eigenvalue weighted by Crippen LogP contribution is 2.37. The fourth-order valence-electron chi connectivity index (χ4n) is 3.13. The molecule has 0 bridgehead atoms. The van der Waals surface area contributed by atoms with Gasteiger partial charge in [-0.2, -0.15) is 0 Å². The van der Waals surface area contributed by atoms with Crippen molar-refractivity contribution < 1.29 is 13.5 Å². The minimum atomic E-state index is -3.01. The number of nitrogens with zero attached hydrogens (tertiary/aromatic N) is 1. The van der Waals surface area contributed by atoms with Gasteiger partial charge in [0.05, 0.1) is 11.4 Å². The molecule has 112 valence electrons. The monoisotopic (exact) mass is 297 g/mol. The third-order valence-corrected chi connectivity index (χ3v) is 6.00. The molecule has 3 unspecified atom stereocenters. The molecule has 0 amide bonds. The number of aryl methyl sites for hydroxylation is 1. The fourth-order valence-corrected chi connectivity index (χ4v) is 4.32. The van der Waals surface area contributed by atoms with Gasteiger partial charge in [0.25, 0.3) is 0 Å². The van der Waals surface area contributed by atoms with E-state index >= 15 is 0 Å². The van der Waals surface area contributed by atoms with Crippen molar-refractivity contribution >= 4 is 9.84 Å². The van der Waals surface area contributed by atoms with E-state index in [9.17, 15) is 13.5 Å². The van der Waals surface area contributed by atoms with Gasteiger partial charge in [-0.25, -0.2) is 8.42 Å². The first-order valence-corrected chi connectivity index (χ1v) is 9.18. The van der Waals surface area contributed by atoms with E-state index in [1.807, 2.05) is 13.0 Å². The van der Waals surface area contributed by atoms with Crippen LogP contribution in [0.15, 0.2) is 18.5 Å². The van der Waals surface area contributed by atoms with Crippen LogP contribution in [-0.4, -0.2) is 30.0 Å². The Bertz CT molecular complexity index is 556. The molecule has 0 radical (unpaired) electrons. The van der Waals surface area contributed by atoms with Crippen LogP contribution in [0.4, 0.5) is 0 Å². The quantitative estimate of drug-likeness (QED) is 0.926. The maximum absolute atomic E-state index is 11.7. The maximum atomic E-state index is 11.7. The van der Waals surface area contributed by atoms with Crippen molar-refractivity contribution in [2.45, 2.75) is 50.4 Å². The molecule has 1 aliphatic carbocycles. The second-order valence-electron chi connectivity index (χ2n) is 5.75. The topological polar surface area (TPSA) is 67.3 Å². The molecule has 1 saturated carbocycles. The van der Waals surface area contributed by atoms with E-state index < -0.39 is 15.9 Å². The summed E-state index contributed by atoms with van der Waals surface area (Å²) in [7, 11) is -3.01. The zero-order valence-corrected chi connectivity index (χ0v) is 12.9. The lowest BCUT2D eigenvalue weighted by Gasteiger charge is -2.32. The smallest absolute Gasteiger partial charge is 0.150 e. The average Bonchev–Trinajstić information content (AvgIpc) is 2.45. The van der Waals surface area contributed by atoms with Gasteiger partial charge in [0.1, 0.15) is 9.84 Å². The van der Waals surface area contributed by atoms with Gasteiger partial charge >= 0.3 is 0 Å². The largest absolute Gasteiger partial charge is 0.388 e. The minimum Gasteiger partial charge on any atom is -0.388 e. The van der Waals surface area contributed by atoms with Gasteiger partial charge in [0.15, 0.2) is 0 Å². The molecule has 3 atom stereocenters. The predicted molar refractivity (Wildman–Crippen MR) is 79.2 cm³/mol. The van der Waals surface area contributed by atoms with Crippen LogP contribution in [0.5, 0.6) is 0 Å². The van der Waals surface area contributed by atoms with Crippen LogP contribution < -0.4 is 0 Å². The number of aliphatic hydroxyl groups excluding tert-OH is 1. The molecular formula is C15H23NO3S. The first-order valence-electron chi connectivity index (χ1n) is 7.23. The Morgan fingerprint density at radius 2 is 2.20 bits per heavy atom. The molecule has 2 rings (SSSR count). The van der Waals surface area contributed by atoms with Crippen LogP contribution in [0.25, 0.3) is 0 Å². The maximum Gasteiger partial charge on any atom is 0.150 e. The van der Waals surface area contributed by atoms with Crippen LogP contribution in [-0.2, 0) is 16.3 Å². The summed E-state index contributed by atoms with van der Waals surface area (Å²) in [5, 5.41) is 10.3. The van der Waals surface area contributed by atoms with Crippen LogP contribution in [0.2, 0.25) is 0 Å². The molecule has 1 aromatic heterocycles. The summed E-state index contributed by atoms with van der Waals surface area (Å²) in [4.78, 5) is 4.09. The number of aliphatic hydroxyl groups is 1. The van der Waals surface area contributed by atoms with Gasteiger partial charge in [-0.05, 0) is 48.8 Å². The normalized spacial score (nSPS) is 25.4. The van der Waals surface area contributed by atoms with E-state index in [-0.39, 0.29) is 11.2 Å². The van der Waals surface area contributed by atoms with Gasteiger partial charge in [-0.3, -0.25) is 4.98 Å². The van der Waals surface area contributed by atoms with E-state index in [0.717, 1.165) is 36.8 Å². The van der Waals surface area contributed by atoms with Crippen LogP contribution in [0.1, 0.15) is 49.8 Å². The second kappa shape index (κ2) is 6.22. The highest BCUT2D eigenvalue weighted by atomic mass is 32.2. The molecule has 20 heavy (non-hydrogen) atoms. The average molecular weight is 297 g/mol. The summed E-state index contributed by atoms with van der Waals surface area (Å²) < 4.78 is 23.4. The van der Waals surface area contributed by atoms with Gasteiger partial charge in [-0.15, -0.1) is 0 Å². The third-order valence-electron chi connectivity index (χ3n) is 4.36. The van der Waals surface area contributed by atoms with Crippen LogP contribution >= 0.6 is 0 Å². The van der Waals surface area contributed by atoms with Gasteiger partial charge < -0.3 is 5.11 Å². The zero-order valence-electron chi connectivity index (χ0n) is 12.1. The van der Waals surface area contributed by atoms with Gasteiger partial charge in [0, 0.05) is 18.6 Å². The SMILES string of the molecule is CCc1cnccc1C(O)C1CCCC(S(C)(=O)=O)C1. The Hall–Kier alpha value is -0.940. The Labute approximate surface area is 121 Å². The summed E-state index contributed by atoms with van der Waals surface area (Å²) >= 11 is 0. The first-order chi connectivity index (χ1) is 9.43. The highest BCUT2D eigenvalue weighted by Gasteiger charge is 2.33. The number of aromatic nitrogens is 1. The molecule has 1 heterocycles. The summed E-state index contributed by atoms with van der Waals surface area (Å²) in [6.07, 6.45) is 8.05. The van der Waals surface area contributed by atoms with Crippen molar-refractivity contribution in [3.05, 3.63) is 29.6 Å². The summed E-state index contributed by atoms with van der Waals surface area (Å²) in [6.45, 7) is 2.04. The van der Waals surface area contributed by atoms with Crippen molar-refractivity contribution in [2.75, 3.05) is 6.26 Å². The van der Waals surface area contributed by atoms with Gasteiger partial charge in [0.2, 0.25) is 0 Å². The van der Waals surface area contributed by atoms with Crippen molar-refractivity contribution in [3.63, 3.8) is 0 Å². The molecule has 0 aliphatic heterocycles. The molecular weight excluding hydrogens is 274 g/mol. The Kier molecular flexibility index (Phi) is 4.81. The zero-order chi connectivity index (χ0) is 14.8. The van der Waals surface area contributed by atoms with E-state index in [2.05, 4.69) is 4.98 Å². The van der Waals surface area contributed by atoms with Crippen LogP contribution in [0.3, 0.4) is 0 Å². The molecule has 0 saturated heterocycles. The molecule has 1 aromatic rings. The van der Waals surface area contributed by atoms with Crippen LogP contribution in [0, 0.1) is 5.92 Å². The van der Waals surface area contributed by atoms with E-state index in [1.165, 1.54) is 6.26 Å². The van der Waals surface area contributed by atoms with E-state index in [1.54, 1.807) is 12.4 Å². The number of pyridine rings is 1. The molecule has 5 heteroatoms. The summed E-state index contributed by atoms with van der Waals surface area (Å²) in [5.41, 5.74) is 1.95. The lowest BCUT2D eigenvalue weighted by molar-refractivity contribution is 0.0849. The summed E-state index contributed by atoms with van der Waals surface area (Å²) in [5.74, 6) is 0.0242. The fraction of sp³-hybridized carbons (Fsp3) is 0.667.